The van der Waals surface area contributed by atoms with E-state index in [0.717, 1.165) is 17.2 Å². The minimum absolute atomic E-state index is 0. The first-order chi connectivity index (χ1) is 10.3. The summed E-state index contributed by atoms with van der Waals surface area (Å²) in [7, 11) is 3.76. The Labute approximate surface area is 148 Å². The second kappa shape index (κ2) is 7.62. The number of rotatable bonds is 4. The Hall–Kier alpha value is -1.57. The van der Waals surface area contributed by atoms with E-state index in [4.69, 9.17) is 0 Å². The number of aryl methyl sites for hydroxylation is 1. The third-order valence-electron chi connectivity index (χ3n) is 3.54. The van der Waals surface area contributed by atoms with Gasteiger partial charge in [-0.2, -0.15) is 5.10 Å². The van der Waals surface area contributed by atoms with Gasteiger partial charge in [0.1, 0.15) is 0 Å². The summed E-state index contributed by atoms with van der Waals surface area (Å²) in [6.07, 6.45) is 4.53. The lowest BCUT2D eigenvalue weighted by atomic mass is 10.1. The van der Waals surface area contributed by atoms with E-state index < -0.39 is 0 Å². The molecule has 1 heterocycles. The van der Waals surface area contributed by atoms with Crippen molar-refractivity contribution in [2.75, 3.05) is 7.05 Å². The van der Waals surface area contributed by atoms with Gasteiger partial charge in [0, 0.05) is 44.0 Å². The number of aliphatic imine (C=N–C) groups is 1. The number of guanidine groups is 1. The fourth-order valence-corrected chi connectivity index (χ4v) is 2.30. The van der Waals surface area contributed by atoms with E-state index in [9.17, 15) is 0 Å². The summed E-state index contributed by atoms with van der Waals surface area (Å²) in [5.74, 6) is 0.861. The van der Waals surface area contributed by atoms with Crippen molar-refractivity contribution in [1.82, 2.24) is 20.4 Å². The molecule has 0 atom stereocenters. The zero-order chi connectivity index (χ0) is 14.7. The van der Waals surface area contributed by atoms with Gasteiger partial charge in [-0.15, -0.1) is 24.0 Å². The predicted molar refractivity (Wildman–Crippen MR) is 100 cm³/mol. The Morgan fingerprint density at radius 1 is 1.32 bits per heavy atom. The van der Waals surface area contributed by atoms with Gasteiger partial charge >= 0.3 is 0 Å². The Kier molecular flexibility index (Phi) is 5.82. The average molecular weight is 411 g/mol. The van der Waals surface area contributed by atoms with Gasteiger partial charge < -0.3 is 10.6 Å². The molecular formula is C16H22IN5. The van der Waals surface area contributed by atoms with Crippen LogP contribution in [0.25, 0.3) is 11.3 Å². The molecule has 0 bridgehead atoms. The second-order valence-electron chi connectivity index (χ2n) is 5.39. The van der Waals surface area contributed by atoms with Crippen molar-refractivity contribution in [2.45, 2.75) is 25.4 Å². The van der Waals surface area contributed by atoms with E-state index in [0.29, 0.717) is 12.6 Å². The summed E-state index contributed by atoms with van der Waals surface area (Å²) < 4.78 is 1.86. The van der Waals surface area contributed by atoms with Crippen LogP contribution >= 0.6 is 24.0 Å². The van der Waals surface area contributed by atoms with Crippen LogP contribution in [0.15, 0.2) is 41.5 Å². The molecule has 1 fully saturated rings. The number of benzene rings is 1. The zero-order valence-electron chi connectivity index (χ0n) is 12.9. The molecule has 0 spiro atoms. The topological polar surface area (TPSA) is 54.2 Å². The number of nitrogens with one attached hydrogen (secondary N) is 2. The number of hydrogen-bond donors (Lipinski definition) is 2. The predicted octanol–water partition coefficient (Wildman–Crippen LogP) is 2.53. The highest BCUT2D eigenvalue weighted by molar-refractivity contribution is 14.0. The summed E-state index contributed by atoms with van der Waals surface area (Å²) in [6.45, 7) is 0.713. The monoisotopic (exact) mass is 411 g/mol. The third kappa shape index (κ3) is 4.22. The van der Waals surface area contributed by atoms with Crippen LogP contribution in [-0.2, 0) is 13.6 Å². The fourth-order valence-electron chi connectivity index (χ4n) is 2.30. The lowest BCUT2D eigenvalue weighted by molar-refractivity contribution is 0.766. The molecule has 2 N–H and O–H groups in total. The molecule has 0 unspecified atom stereocenters. The number of halogens is 1. The van der Waals surface area contributed by atoms with Crippen molar-refractivity contribution in [1.29, 1.82) is 0 Å². The van der Waals surface area contributed by atoms with Crippen molar-refractivity contribution in [2.24, 2.45) is 12.0 Å². The first-order valence-electron chi connectivity index (χ1n) is 7.31. The molecule has 0 radical (unpaired) electrons. The Balaban J connectivity index is 0.00000176. The maximum absolute atomic E-state index is 4.57. The number of nitrogens with zero attached hydrogens (tertiary/aromatic N) is 3. The average Bonchev–Trinajstić information content (AvgIpc) is 3.25. The molecule has 2 aromatic rings. The van der Waals surface area contributed by atoms with Crippen molar-refractivity contribution < 1.29 is 0 Å². The summed E-state index contributed by atoms with van der Waals surface area (Å²) in [4.78, 5) is 4.26. The Morgan fingerprint density at radius 2 is 2.05 bits per heavy atom. The lowest BCUT2D eigenvalue weighted by Crippen LogP contribution is -2.38. The first-order valence-corrected chi connectivity index (χ1v) is 7.31. The fraction of sp³-hybridized carbons (Fsp3) is 0.375. The maximum atomic E-state index is 4.57. The molecule has 1 aromatic carbocycles. The highest BCUT2D eigenvalue weighted by Crippen LogP contribution is 2.21. The molecule has 6 heteroatoms. The Bertz CT molecular complexity index is 631. The third-order valence-corrected chi connectivity index (χ3v) is 3.54. The highest BCUT2D eigenvalue weighted by Gasteiger charge is 2.22. The van der Waals surface area contributed by atoms with Gasteiger partial charge in [0.25, 0.3) is 0 Å². The van der Waals surface area contributed by atoms with Crippen LogP contribution in [-0.4, -0.2) is 28.8 Å². The quantitative estimate of drug-likeness (QED) is 0.462. The van der Waals surface area contributed by atoms with Crippen LogP contribution in [0.4, 0.5) is 0 Å². The zero-order valence-corrected chi connectivity index (χ0v) is 15.2. The molecule has 0 saturated heterocycles. The van der Waals surface area contributed by atoms with Crippen LogP contribution in [0.2, 0.25) is 0 Å². The van der Waals surface area contributed by atoms with Crippen molar-refractivity contribution in [3.8, 4) is 11.3 Å². The van der Waals surface area contributed by atoms with E-state index >= 15 is 0 Å². The first kappa shape index (κ1) is 16.8. The van der Waals surface area contributed by atoms with E-state index in [1.54, 1.807) is 7.05 Å². The summed E-state index contributed by atoms with van der Waals surface area (Å²) in [5.41, 5.74) is 3.33. The minimum Gasteiger partial charge on any atom is -0.354 e. The standard InChI is InChI=1S/C16H21N5.HI/c1-17-16(19-14-8-9-14)18-10-13-11-21(2)20-15(13)12-6-4-3-5-7-12;/h3-7,11,14H,8-10H2,1-2H3,(H2,17,18,19);1H. The molecule has 1 saturated carbocycles. The van der Waals surface area contributed by atoms with Gasteiger partial charge in [-0.25, -0.2) is 0 Å². The van der Waals surface area contributed by atoms with Gasteiger partial charge in [0.2, 0.25) is 0 Å². The summed E-state index contributed by atoms with van der Waals surface area (Å²) >= 11 is 0. The molecule has 5 nitrogen and oxygen atoms in total. The second-order valence-corrected chi connectivity index (χ2v) is 5.39. The minimum atomic E-state index is 0. The van der Waals surface area contributed by atoms with Crippen LogP contribution in [0.3, 0.4) is 0 Å². The SMILES string of the molecule is CN=C(NCc1cn(C)nc1-c1ccccc1)NC1CC1.I. The van der Waals surface area contributed by atoms with Crippen LogP contribution in [0.1, 0.15) is 18.4 Å². The van der Waals surface area contributed by atoms with Crippen molar-refractivity contribution in [3.63, 3.8) is 0 Å². The van der Waals surface area contributed by atoms with Gasteiger partial charge in [-0.1, -0.05) is 30.3 Å². The smallest absolute Gasteiger partial charge is 0.191 e. The normalized spacial score (nSPS) is 14.4. The summed E-state index contributed by atoms with van der Waals surface area (Å²) in [5, 5.41) is 11.3. The summed E-state index contributed by atoms with van der Waals surface area (Å²) in [6, 6.07) is 10.9. The van der Waals surface area contributed by atoms with Crippen LogP contribution in [0, 0.1) is 0 Å². The molecular weight excluding hydrogens is 389 g/mol. The van der Waals surface area contributed by atoms with E-state index in [2.05, 4.69) is 39.1 Å². The molecule has 0 amide bonds. The largest absolute Gasteiger partial charge is 0.354 e. The van der Waals surface area contributed by atoms with E-state index in [1.165, 1.54) is 18.4 Å². The molecule has 1 aliphatic rings. The van der Waals surface area contributed by atoms with Crippen LogP contribution < -0.4 is 10.6 Å². The van der Waals surface area contributed by atoms with Gasteiger partial charge in [0.05, 0.1) is 5.69 Å². The number of hydrogen-bond acceptors (Lipinski definition) is 2. The van der Waals surface area contributed by atoms with Gasteiger partial charge in [-0.05, 0) is 12.8 Å². The van der Waals surface area contributed by atoms with E-state index in [-0.39, 0.29) is 24.0 Å². The maximum Gasteiger partial charge on any atom is 0.191 e. The van der Waals surface area contributed by atoms with Crippen LogP contribution in [0.5, 0.6) is 0 Å². The molecule has 1 aromatic heterocycles. The molecule has 0 aliphatic heterocycles. The molecule has 1 aliphatic carbocycles. The highest BCUT2D eigenvalue weighted by atomic mass is 127. The lowest BCUT2D eigenvalue weighted by Gasteiger charge is -2.11. The van der Waals surface area contributed by atoms with Crippen molar-refractivity contribution >= 4 is 29.9 Å². The molecule has 3 rings (SSSR count). The van der Waals surface area contributed by atoms with Gasteiger partial charge in [-0.3, -0.25) is 9.67 Å². The molecule has 118 valence electrons. The van der Waals surface area contributed by atoms with Crippen molar-refractivity contribution in [3.05, 3.63) is 42.1 Å². The molecule has 22 heavy (non-hydrogen) atoms. The van der Waals surface area contributed by atoms with E-state index in [1.807, 2.05) is 29.9 Å². The Morgan fingerprint density at radius 3 is 2.68 bits per heavy atom. The number of aromatic nitrogens is 2. The van der Waals surface area contributed by atoms with Gasteiger partial charge in [0.15, 0.2) is 5.96 Å².